The Balaban J connectivity index is 1.59. The lowest BCUT2D eigenvalue weighted by molar-refractivity contribution is 0.0789. The van der Waals surface area contributed by atoms with E-state index < -0.39 is 5.41 Å². The molecule has 0 saturated carbocycles. The number of hydrogen-bond donors (Lipinski definition) is 1. The van der Waals surface area contributed by atoms with Gasteiger partial charge in [-0.1, -0.05) is 24.3 Å². The van der Waals surface area contributed by atoms with Crippen molar-refractivity contribution in [2.24, 2.45) is 5.41 Å². The third-order valence-corrected chi connectivity index (χ3v) is 5.86. The fourth-order valence-corrected chi connectivity index (χ4v) is 4.31. The second-order valence-electron chi connectivity index (χ2n) is 7.68. The molecular formula is C22H24N2O4. The van der Waals surface area contributed by atoms with Crippen LogP contribution in [0.15, 0.2) is 42.5 Å². The van der Waals surface area contributed by atoms with Crippen LogP contribution >= 0.6 is 0 Å². The molecule has 0 aliphatic carbocycles. The van der Waals surface area contributed by atoms with Crippen molar-refractivity contribution in [2.75, 3.05) is 27.3 Å². The molecule has 2 aliphatic heterocycles. The number of methoxy groups -OCH3 is 2. The number of carbonyl (C=O) groups excluding carboxylic acids is 2. The monoisotopic (exact) mass is 380 g/mol. The van der Waals surface area contributed by atoms with Crippen molar-refractivity contribution in [3.8, 4) is 11.5 Å². The van der Waals surface area contributed by atoms with Gasteiger partial charge in [0.25, 0.3) is 5.91 Å². The molecule has 2 aromatic carbocycles. The predicted octanol–water partition coefficient (Wildman–Crippen LogP) is 2.52. The van der Waals surface area contributed by atoms with Gasteiger partial charge in [-0.25, -0.2) is 0 Å². The topological polar surface area (TPSA) is 67.9 Å². The van der Waals surface area contributed by atoms with Crippen molar-refractivity contribution in [3.63, 3.8) is 0 Å². The molecule has 0 aromatic heterocycles. The van der Waals surface area contributed by atoms with Crippen molar-refractivity contribution in [1.82, 2.24) is 10.2 Å². The lowest BCUT2D eigenvalue weighted by atomic mass is 9.78. The van der Waals surface area contributed by atoms with E-state index in [9.17, 15) is 9.59 Å². The first-order valence-electron chi connectivity index (χ1n) is 9.34. The molecule has 0 unspecified atom stereocenters. The Kier molecular flexibility index (Phi) is 4.59. The number of hydrogen-bond acceptors (Lipinski definition) is 5. The first-order valence-corrected chi connectivity index (χ1v) is 9.34. The normalized spacial score (nSPS) is 24.2. The van der Waals surface area contributed by atoms with Gasteiger partial charge in [0.2, 0.25) is 0 Å². The molecule has 6 heteroatoms. The Hall–Kier alpha value is -2.86. The third kappa shape index (κ3) is 2.94. The van der Waals surface area contributed by atoms with Gasteiger partial charge in [-0.2, -0.15) is 0 Å². The molecule has 28 heavy (non-hydrogen) atoms. The largest absolute Gasteiger partial charge is 0.493 e. The predicted molar refractivity (Wildman–Crippen MR) is 105 cm³/mol. The highest BCUT2D eigenvalue weighted by Gasteiger charge is 2.51. The molecule has 2 atom stereocenters. The minimum absolute atomic E-state index is 0.0289. The number of benzene rings is 2. The SMILES string of the molecule is COc1ccc(CN2C[C@H]3NC(=O)c4ccccc4C(=O)[C@@]3(C)C2)cc1OC. The molecule has 6 nitrogen and oxygen atoms in total. The zero-order valence-corrected chi connectivity index (χ0v) is 16.3. The summed E-state index contributed by atoms with van der Waals surface area (Å²) in [4.78, 5) is 28.2. The van der Waals surface area contributed by atoms with Crippen LogP contribution in [-0.2, 0) is 6.54 Å². The minimum atomic E-state index is -0.654. The van der Waals surface area contributed by atoms with Crippen LogP contribution < -0.4 is 14.8 Å². The van der Waals surface area contributed by atoms with Crippen LogP contribution in [0, 0.1) is 5.41 Å². The highest BCUT2D eigenvalue weighted by Crippen LogP contribution is 2.38. The van der Waals surface area contributed by atoms with Gasteiger partial charge >= 0.3 is 0 Å². The average molecular weight is 380 g/mol. The van der Waals surface area contributed by atoms with Gasteiger partial charge in [0, 0.05) is 25.2 Å². The number of Topliss-reactive ketones (excluding diaryl/α,β-unsaturated/α-hetero) is 1. The quantitative estimate of drug-likeness (QED) is 0.883. The number of amides is 1. The molecule has 1 saturated heterocycles. The smallest absolute Gasteiger partial charge is 0.252 e. The molecule has 1 N–H and O–H groups in total. The number of rotatable bonds is 4. The van der Waals surface area contributed by atoms with Crippen LogP contribution in [0.4, 0.5) is 0 Å². The van der Waals surface area contributed by atoms with Gasteiger partial charge in [-0.3, -0.25) is 14.5 Å². The fraction of sp³-hybridized carbons (Fsp3) is 0.364. The summed E-state index contributed by atoms with van der Waals surface area (Å²) >= 11 is 0. The maximum Gasteiger partial charge on any atom is 0.252 e. The number of likely N-dealkylation sites (tertiary alicyclic amines) is 1. The van der Waals surface area contributed by atoms with Gasteiger partial charge < -0.3 is 14.8 Å². The van der Waals surface area contributed by atoms with Crippen molar-refractivity contribution < 1.29 is 19.1 Å². The van der Waals surface area contributed by atoms with Crippen LogP contribution in [-0.4, -0.2) is 49.9 Å². The molecule has 2 heterocycles. The molecule has 1 amide bonds. The minimum Gasteiger partial charge on any atom is -0.493 e. The summed E-state index contributed by atoms with van der Waals surface area (Å²) in [6.45, 7) is 3.82. The number of nitrogens with one attached hydrogen (secondary N) is 1. The third-order valence-electron chi connectivity index (χ3n) is 5.86. The van der Waals surface area contributed by atoms with E-state index in [2.05, 4.69) is 10.2 Å². The van der Waals surface area contributed by atoms with Gasteiger partial charge in [0.1, 0.15) is 0 Å². The zero-order chi connectivity index (χ0) is 19.9. The van der Waals surface area contributed by atoms with Crippen LogP contribution in [0.2, 0.25) is 0 Å². The first-order chi connectivity index (χ1) is 13.5. The Bertz CT molecular complexity index is 942. The van der Waals surface area contributed by atoms with E-state index in [-0.39, 0.29) is 17.7 Å². The van der Waals surface area contributed by atoms with Gasteiger partial charge in [-0.15, -0.1) is 0 Å². The maximum atomic E-state index is 13.3. The van der Waals surface area contributed by atoms with Crippen molar-refractivity contribution >= 4 is 11.7 Å². The summed E-state index contributed by atoms with van der Waals surface area (Å²) in [7, 11) is 3.22. The second-order valence-corrected chi connectivity index (χ2v) is 7.68. The highest BCUT2D eigenvalue weighted by molar-refractivity contribution is 6.12. The summed E-state index contributed by atoms with van der Waals surface area (Å²) < 4.78 is 10.7. The number of carbonyl (C=O) groups is 2. The Morgan fingerprint density at radius 3 is 2.50 bits per heavy atom. The molecule has 0 bridgehead atoms. The van der Waals surface area contributed by atoms with Crippen molar-refractivity contribution in [2.45, 2.75) is 19.5 Å². The summed E-state index contributed by atoms with van der Waals surface area (Å²) in [5.41, 5.74) is 1.39. The van der Waals surface area contributed by atoms with Crippen molar-refractivity contribution in [1.29, 1.82) is 0 Å². The lowest BCUT2D eigenvalue weighted by Gasteiger charge is -2.27. The van der Waals surface area contributed by atoms with Crippen molar-refractivity contribution in [3.05, 3.63) is 59.2 Å². The summed E-state index contributed by atoms with van der Waals surface area (Å²) in [5.74, 6) is 1.22. The van der Waals surface area contributed by atoms with E-state index in [1.807, 2.05) is 31.2 Å². The highest BCUT2D eigenvalue weighted by atomic mass is 16.5. The fourth-order valence-electron chi connectivity index (χ4n) is 4.31. The molecule has 1 fully saturated rings. The maximum absolute atomic E-state index is 13.3. The molecule has 0 radical (unpaired) electrons. The van der Waals surface area contributed by atoms with Crippen LogP contribution in [0.3, 0.4) is 0 Å². The molecule has 2 aliphatic rings. The molecular weight excluding hydrogens is 356 g/mol. The summed E-state index contributed by atoms with van der Waals surface area (Å²) in [6, 6.07) is 12.7. The molecule has 2 aromatic rings. The number of ketones is 1. The average Bonchev–Trinajstić information content (AvgIpc) is 2.99. The van der Waals surface area contributed by atoms with Gasteiger partial charge in [0.05, 0.1) is 31.2 Å². The number of ether oxygens (including phenoxy) is 2. The van der Waals surface area contributed by atoms with E-state index in [0.717, 1.165) is 5.56 Å². The van der Waals surface area contributed by atoms with E-state index >= 15 is 0 Å². The number of nitrogens with zero attached hydrogens (tertiary/aromatic N) is 1. The standard InChI is InChI=1S/C22H24N2O4/c1-22-13-24(11-14-8-9-17(27-2)18(10-14)28-3)12-19(22)23-21(26)16-7-5-4-6-15(16)20(22)25/h4-10,19H,11-13H2,1-3H3,(H,23,26)/t19-,22+/m1/s1. The molecule has 0 spiro atoms. The Labute approximate surface area is 164 Å². The first kappa shape index (κ1) is 18.5. The Morgan fingerprint density at radius 2 is 1.79 bits per heavy atom. The van der Waals surface area contributed by atoms with E-state index in [4.69, 9.17) is 9.47 Å². The zero-order valence-electron chi connectivity index (χ0n) is 16.3. The van der Waals surface area contributed by atoms with E-state index in [0.29, 0.717) is 42.3 Å². The molecule has 146 valence electrons. The second kappa shape index (κ2) is 6.95. The lowest BCUT2D eigenvalue weighted by Crippen LogP contribution is -2.47. The van der Waals surface area contributed by atoms with Gasteiger partial charge in [-0.05, 0) is 30.7 Å². The van der Waals surface area contributed by atoms with Crippen LogP contribution in [0.1, 0.15) is 33.2 Å². The van der Waals surface area contributed by atoms with Crippen LogP contribution in [0.25, 0.3) is 0 Å². The van der Waals surface area contributed by atoms with E-state index in [1.165, 1.54) is 0 Å². The summed E-state index contributed by atoms with van der Waals surface area (Å²) in [6.07, 6.45) is 0. The molecule has 4 rings (SSSR count). The summed E-state index contributed by atoms with van der Waals surface area (Å²) in [5, 5.41) is 3.08. The van der Waals surface area contributed by atoms with E-state index in [1.54, 1.807) is 32.4 Å². The van der Waals surface area contributed by atoms with Gasteiger partial charge in [0.15, 0.2) is 17.3 Å². The number of fused-ring (bicyclic) bond motifs is 2. The van der Waals surface area contributed by atoms with Crippen LogP contribution in [0.5, 0.6) is 11.5 Å². The Morgan fingerprint density at radius 1 is 1.07 bits per heavy atom.